The third kappa shape index (κ3) is 5.45. The summed E-state index contributed by atoms with van der Waals surface area (Å²) in [5.41, 5.74) is 3.59. The topological polar surface area (TPSA) is 38.3 Å². The molecule has 1 aliphatic carbocycles. The van der Waals surface area contributed by atoms with Crippen LogP contribution in [0, 0.1) is 5.41 Å². The molecule has 0 bridgehead atoms. The van der Waals surface area contributed by atoms with Crippen LogP contribution >= 0.6 is 0 Å². The molecule has 3 nitrogen and oxygen atoms in total. The first kappa shape index (κ1) is 18.7. The van der Waals surface area contributed by atoms with Gasteiger partial charge in [0.25, 0.3) is 0 Å². The third-order valence-corrected chi connectivity index (χ3v) is 4.29. The first-order chi connectivity index (χ1) is 10.4. The molecule has 1 N–H and O–H groups in total. The van der Waals surface area contributed by atoms with E-state index < -0.39 is 0 Å². The number of carbonyl (C=O) groups is 1. The molecule has 0 aromatic rings. The van der Waals surface area contributed by atoms with Gasteiger partial charge >= 0.3 is 5.97 Å². The lowest BCUT2D eigenvalue weighted by molar-refractivity contribution is -0.135. The fourth-order valence-electron chi connectivity index (χ4n) is 2.98. The minimum atomic E-state index is -0.276. The normalized spacial score (nSPS) is 18.9. The summed E-state index contributed by atoms with van der Waals surface area (Å²) in [4.78, 5) is 11.9. The van der Waals surface area contributed by atoms with E-state index in [9.17, 15) is 4.79 Å². The van der Waals surface area contributed by atoms with Crippen molar-refractivity contribution in [3.05, 3.63) is 34.9 Å². The number of hydrogen-bond acceptors (Lipinski definition) is 3. The molecule has 0 aromatic heterocycles. The molecule has 0 atom stereocenters. The number of allylic oxidation sites excluding steroid dienone is 3. The number of carbonyl (C=O) groups excluding carboxylic acids is 1. The van der Waals surface area contributed by atoms with Gasteiger partial charge in [0, 0.05) is 6.54 Å². The van der Waals surface area contributed by atoms with Crippen LogP contribution in [-0.2, 0) is 9.53 Å². The van der Waals surface area contributed by atoms with Crippen LogP contribution in [0.15, 0.2) is 34.9 Å². The van der Waals surface area contributed by atoms with E-state index in [4.69, 9.17) is 4.74 Å². The van der Waals surface area contributed by atoms with Crippen molar-refractivity contribution in [2.75, 3.05) is 20.2 Å². The van der Waals surface area contributed by atoms with Crippen molar-refractivity contribution < 1.29 is 9.53 Å². The maximum atomic E-state index is 11.9. The molecule has 0 heterocycles. The standard InChI is InChI=1S/C19H31NO2/c1-6-13-20-14-11-16(18(21)22-5)9-10-17-15(2)8-7-12-19(17,3)4/h9-11,20H,6-8,12-14H2,1-5H3/b10-9+,16-11+. The Morgan fingerprint density at radius 2 is 2.14 bits per heavy atom. The van der Waals surface area contributed by atoms with Crippen molar-refractivity contribution in [2.24, 2.45) is 5.41 Å². The summed E-state index contributed by atoms with van der Waals surface area (Å²) in [6.45, 7) is 10.5. The SMILES string of the molecule is CCCNC/C=C(\C=C\C1=C(C)CCCC1(C)C)C(=O)OC. The van der Waals surface area contributed by atoms with E-state index >= 15 is 0 Å². The Labute approximate surface area is 135 Å². The second-order valence-electron chi connectivity index (χ2n) is 6.62. The Bertz CT molecular complexity index is 470. The molecular weight excluding hydrogens is 274 g/mol. The minimum absolute atomic E-state index is 0.181. The van der Waals surface area contributed by atoms with E-state index in [1.54, 1.807) is 0 Å². The third-order valence-electron chi connectivity index (χ3n) is 4.29. The summed E-state index contributed by atoms with van der Waals surface area (Å²) < 4.78 is 4.89. The molecular formula is C19H31NO2. The highest BCUT2D eigenvalue weighted by Gasteiger charge is 2.26. The molecule has 0 radical (unpaired) electrons. The highest BCUT2D eigenvalue weighted by molar-refractivity contribution is 5.91. The average Bonchev–Trinajstić information content (AvgIpc) is 2.47. The van der Waals surface area contributed by atoms with Gasteiger partial charge < -0.3 is 10.1 Å². The lowest BCUT2D eigenvalue weighted by atomic mass is 9.72. The molecule has 0 amide bonds. The van der Waals surface area contributed by atoms with Crippen LogP contribution in [0.25, 0.3) is 0 Å². The van der Waals surface area contributed by atoms with Crippen LogP contribution in [0.5, 0.6) is 0 Å². The van der Waals surface area contributed by atoms with E-state index in [2.05, 4.69) is 39.1 Å². The van der Waals surface area contributed by atoms with Gasteiger partial charge in [-0.1, -0.05) is 38.5 Å². The van der Waals surface area contributed by atoms with E-state index in [-0.39, 0.29) is 11.4 Å². The van der Waals surface area contributed by atoms with Gasteiger partial charge in [0.2, 0.25) is 0 Å². The van der Waals surface area contributed by atoms with Crippen molar-refractivity contribution in [3.8, 4) is 0 Å². The zero-order chi connectivity index (χ0) is 16.6. The maximum absolute atomic E-state index is 11.9. The van der Waals surface area contributed by atoms with Gasteiger partial charge in [0.05, 0.1) is 12.7 Å². The zero-order valence-electron chi connectivity index (χ0n) is 14.8. The Morgan fingerprint density at radius 3 is 2.73 bits per heavy atom. The number of nitrogens with one attached hydrogen (secondary N) is 1. The predicted molar refractivity (Wildman–Crippen MR) is 92.7 cm³/mol. The van der Waals surface area contributed by atoms with E-state index in [0.717, 1.165) is 19.4 Å². The van der Waals surface area contributed by atoms with Gasteiger partial charge in [-0.15, -0.1) is 0 Å². The van der Waals surface area contributed by atoms with Crippen molar-refractivity contribution in [3.63, 3.8) is 0 Å². The number of ether oxygens (including phenoxy) is 1. The van der Waals surface area contributed by atoms with E-state index in [1.165, 1.54) is 31.1 Å². The summed E-state index contributed by atoms with van der Waals surface area (Å²) >= 11 is 0. The summed E-state index contributed by atoms with van der Waals surface area (Å²) in [7, 11) is 1.43. The number of methoxy groups -OCH3 is 1. The van der Waals surface area contributed by atoms with Crippen molar-refractivity contribution in [1.82, 2.24) is 5.32 Å². The van der Waals surface area contributed by atoms with Crippen LogP contribution in [-0.4, -0.2) is 26.2 Å². The Hall–Kier alpha value is -1.35. The predicted octanol–water partition coefficient (Wildman–Crippen LogP) is 4.17. The van der Waals surface area contributed by atoms with Crippen LogP contribution in [0.3, 0.4) is 0 Å². The largest absolute Gasteiger partial charge is 0.465 e. The van der Waals surface area contributed by atoms with Gasteiger partial charge in [-0.2, -0.15) is 0 Å². The molecule has 0 unspecified atom stereocenters. The maximum Gasteiger partial charge on any atom is 0.337 e. The molecule has 124 valence electrons. The lowest BCUT2D eigenvalue weighted by Crippen LogP contribution is -2.19. The van der Waals surface area contributed by atoms with Gasteiger partial charge in [-0.3, -0.25) is 0 Å². The van der Waals surface area contributed by atoms with Crippen molar-refractivity contribution in [2.45, 2.75) is 53.4 Å². The first-order valence-electron chi connectivity index (χ1n) is 8.30. The minimum Gasteiger partial charge on any atom is -0.465 e. The highest BCUT2D eigenvalue weighted by Crippen LogP contribution is 2.40. The van der Waals surface area contributed by atoms with Crippen molar-refractivity contribution >= 4 is 5.97 Å². The summed E-state index contributed by atoms with van der Waals surface area (Å²) in [6.07, 6.45) is 10.6. The summed E-state index contributed by atoms with van der Waals surface area (Å²) in [5, 5.41) is 3.28. The fraction of sp³-hybridized carbons (Fsp3) is 0.632. The van der Waals surface area contributed by atoms with E-state index in [0.29, 0.717) is 12.1 Å². The zero-order valence-corrected chi connectivity index (χ0v) is 14.8. The molecule has 1 aliphatic rings. The second-order valence-corrected chi connectivity index (χ2v) is 6.62. The second kappa shape index (κ2) is 8.94. The Kier molecular flexibility index (Phi) is 7.60. The van der Waals surface area contributed by atoms with Gasteiger partial charge in [-0.25, -0.2) is 4.79 Å². The Balaban J connectivity index is 2.90. The highest BCUT2D eigenvalue weighted by atomic mass is 16.5. The molecule has 0 aromatic carbocycles. The quantitative estimate of drug-likeness (QED) is 0.332. The fourth-order valence-corrected chi connectivity index (χ4v) is 2.98. The van der Waals surface area contributed by atoms with Crippen LogP contribution in [0.4, 0.5) is 0 Å². The number of hydrogen-bond donors (Lipinski definition) is 1. The molecule has 0 saturated carbocycles. The molecule has 1 rings (SSSR count). The Morgan fingerprint density at radius 1 is 1.41 bits per heavy atom. The first-order valence-corrected chi connectivity index (χ1v) is 8.30. The van der Waals surface area contributed by atoms with Crippen LogP contribution in [0.2, 0.25) is 0 Å². The average molecular weight is 305 g/mol. The monoisotopic (exact) mass is 305 g/mol. The summed E-state index contributed by atoms with van der Waals surface area (Å²) in [6, 6.07) is 0. The lowest BCUT2D eigenvalue weighted by Gasteiger charge is -2.32. The van der Waals surface area contributed by atoms with E-state index in [1.807, 2.05) is 12.2 Å². The molecule has 0 aliphatic heterocycles. The smallest absolute Gasteiger partial charge is 0.337 e. The summed E-state index contributed by atoms with van der Waals surface area (Å²) in [5.74, 6) is -0.276. The van der Waals surface area contributed by atoms with Gasteiger partial charge in [0.15, 0.2) is 0 Å². The number of esters is 1. The molecule has 22 heavy (non-hydrogen) atoms. The van der Waals surface area contributed by atoms with Gasteiger partial charge in [0.1, 0.15) is 0 Å². The van der Waals surface area contributed by atoms with Crippen LogP contribution < -0.4 is 5.32 Å². The molecule has 3 heteroatoms. The van der Waals surface area contributed by atoms with Gasteiger partial charge in [-0.05, 0) is 56.2 Å². The molecule has 0 spiro atoms. The van der Waals surface area contributed by atoms with Crippen molar-refractivity contribution in [1.29, 1.82) is 0 Å². The van der Waals surface area contributed by atoms with Crippen LogP contribution in [0.1, 0.15) is 53.4 Å². The number of rotatable bonds is 7. The molecule has 0 fully saturated rings. The molecule has 0 saturated heterocycles.